The van der Waals surface area contributed by atoms with E-state index >= 15 is 0 Å². The summed E-state index contributed by atoms with van der Waals surface area (Å²) in [6.45, 7) is 4.14. The van der Waals surface area contributed by atoms with Gasteiger partial charge in [-0.25, -0.2) is 13.8 Å². The molecule has 3 aliphatic carbocycles. The minimum atomic E-state index is -3.51. The second kappa shape index (κ2) is 13.6. The highest BCUT2D eigenvalue weighted by Gasteiger charge is 2.49. The fourth-order valence-corrected chi connectivity index (χ4v) is 11.4. The molecule has 0 radical (unpaired) electrons. The first kappa shape index (κ1) is 35.3. The Labute approximate surface area is 311 Å². The Kier molecular flexibility index (Phi) is 9.21. The molecule has 2 aromatic rings. The summed E-state index contributed by atoms with van der Waals surface area (Å²) in [4.78, 5) is 43.4. The Morgan fingerprint density at radius 1 is 1.17 bits per heavy atom. The number of carbonyl (C=O) groups is 3. The molecule has 3 heterocycles. The molecule has 6 aliphatic rings. The number of nitrogens with zero attached hydrogens (tertiary/aromatic N) is 3. The van der Waals surface area contributed by atoms with Crippen molar-refractivity contribution in [2.75, 3.05) is 44.4 Å². The topological polar surface area (TPSA) is 130 Å². The van der Waals surface area contributed by atoms with E-state index in [2.05, 4.69) is 43.6 Å². The molecule has 1 unspecified atom stereocenters. The van der Waals surface area contributed by atoms with Gasteiger partial charge in [0.05, 0.1) is 18.0 Å². The summed E-state index contributed by atoms with van der Waals surface area (Å²) in [6, 6.07) is 9.03. The van der Waals surface area contributed by atoms with E-state index in [9.17, 15) is 18.6 Å². The first-order valence-electron chi connectivity index (χ1n) is 18.7. The van der Waals surface area contributed by atoms with Crippen molar-refractivity contribution in [2.24, 2.45) is 22.1 Å². The first-order chi connectivity index (χ1) is 24.9. The van der Waals surface area contributed by atoms with E-state index in [0.29, 0.717) is 43.3 Å². The maximum Gasteiger partial charge on any atom is 0.409 e. The van der Waals surface area contributed by atoms with Crippen molar-refractivity contribution in [3.63, 3.8) is 0 Å². The van der Waals surface area contributed by atoms with Crippen LogP contribution in [0.4, 0.5) is 15.3 Å². The van der Waals surface area contributed by atoms with Crippen molar-refractivity contribution in [1.29, 1.82) is 0 Å². The zero-order valence-corrected chi connectivity index (χ0v) is 31.6. The molecule has 0 saturated heterocycles. The minimum Gasteiger partial charge on any atom is -0.490 e. The van der Waals surface area contributed by atoms with E-state index in [4.69, 9.17) is 21.1 Å². The highest BCUT2D eigenvalue weighted by Crippen LogP contribution is 2.56. The number of amides is 4. The molecule has 2 N–H and O–H groups in total. The van der Waals surface area contributed by atoms with Gasteiger partial charge in [0.1, 0.15) is 21.8 Å². The zero-order valence-electron chi connectivity index (χ0n) is 30.1. The number of hydrogen-bond donors (Lipinski definition) is 2. The van der Waals surface area contributed by atoms with Crippen molar-refractivity contribution < 1.29 is 28.1 Å². The number of anilines is 1. The number of halogens is 1. The van der Waals surface area contributed by atoms with Gasteiger partial charge in [-0.15, -0.1) is 4.36 Å². The smallest absolute Gasteiger partial charge is 0.409 e. The molecule has 6 atom stereocenters. The second-order valence-electron chi connectivity index (χ2n) is 16.1. The number of hydrogen-bond acceptors (Lipinski definition) is 7. The summed E-state index contributed by atoms with van der Waals surface area (Å²) in [5.74, 6) is 0.899. The van der Waals surface area contributed by atoms with Crippen molar-refractivity contribution in [2.45, 2.75) is 81.8 Å². The minimum absolute atomic E-state index is 0.0197. The molecule has 2 saturated carbocycles. The van der Waals surface area contributed by atoms with Crippen LogP contribution in [0.2, 0.25) is 5.02 Å². The first-order valence-corrected chi connectivity index (χ1v) is 20.7. The summed E-state index contributed by atoms with van der Waals surface area (Å²) < 4.78 is 33.7. The predicted octanol–water partition coefficient (Wildman–Crippen LogP) is 6.58. The van der Waals surface area contributed by atoms with Crippen molar-refractivity contribution >= 4 is 45.2 Å². The van der Waals surface area contributed by atoms with Crippen LogP contribution in [0.15, 0.2) is 46.8 Å². The van der Waals surface area contributed by atoms with Crippen LogP contribution in [-0.2, 0) is 26.5 Å². The van der Waals surface area contributed by atoms with E-state index in [0.717, 1.165) is 67.2 Å². The van der Waals surface area contributed by atoms with E-state index < -0.39 is 27.9 Å². The van der Waals surface area contributed by atoms with Crippen LogP contribution in [0.25, 0.3) is 0 Å². The van der Waals surface area contributed by atoms with Gasteiger partial charge >= 0.3 is 12.1 Å². The molecule has 13 heteroatoms. The fourth-order valence-electron chi connectivity index (χ4n) is 9.38. The van der Waals surface area contributed by atoms with Crippen molar-refractivity contribution in [3.8, 4) is 5.75 Å². The number of carbonyl (C=O) groups excluding carboxylic acids is 3. The largest absolute Gasteiger partial charge is 0.490 e. The molecule has 4 amide bonds. The van der Waals surface area contributed by atoms with Gasteiger partial charge in [0, 0.05) is 68.0 Å². The Morgan fingerprint density at radius 2 is 2.00 bits per heavy atom. The molecule has 2 fully saturated rings. The third kappa shape index (κ3) is 6.54. The number of allylic oxidation sites excluding steroid dienone is 2. The Balaban J connectivity index is 1.13. The van der Waals surface area contributed by atoms with E-state index in [1.807, 2.05) is 19.1 Å². The zero-order chi connectivity index (χ0) is 36.4. The maximum absolute atomic E-state index is 14.5. The van der Waals surface area contributed by atoms with Crippen LogP contribution in [0.5, 0.6) is 5.75 Å². The standard InChI is InChI=1S/C39H48ClN5O6S/c1-23-6-4-8-30-29-11-9-25(29)19-45-21-39(15-5-7-24-16-26(40)10-13-32(24)39)22-50-33-14-12-31(34(30)35(33)45)36(46)42-52(49,20-23)43-37(47)41-27-17-28(18-27)51-38(48)44(2)3/h4,8,10,12-14,16,23,25,27-30H,5-7,9,11,15,17-22H2,1-3H3,(H2,41,42,43,46,47,49)/b8-4+/t23-,25-,27-,28-,29+,30-,39-,52?/m0/s1. The summed E-state index contributed by atoms with van der Waals surface area (Å²) in [7, 11) is -0.281. The van der Waals surface area contributed by atoms with Gasteiger partial charge in [0.2, 0.25) is 0 Å². The summed E-state index contributed by atoms with van der Waals surface area (Å²) in [5, 5.41) is 3.58. The summed E-state index contributed by atoms with van der Waals surface area (Å²) in [5.41, 5.74) is 4.61. The van der Waals surface area contributed by atoms with Gasteiger partial charge in [-0.1, -0.05) is 36.7 Å². The van der Waals surface area contributed by atoms with Crippen LogP contribution in [0.3, 0.4) is 0 Å². The lowest BCUT2D eigenvalue weighted by Crippen LogP contribution is -2.53. The Morgan fingerprint density at radius 3 is 2.77 bits per heavy atom. The van der Waals surface area contributed by atoms with Gasteiger partial charge in [-0.05, 0) is 97.2 Å². The molecule has 0 bridgehead atoms. The SMILES string of the molecule is C[C@H]1C/C=C/[C@@H]2c3c(ccc4c3N(C[C@@H]3CC[C@H]32)C[C@@]2(CCCc3cc(Cl)ccc32)CO4)C(=O)N=S(=O)(NC(=O)N[C@H]2C[C@H](OC(=O)N(C)C)C2)C1. The normalized spacial score (nSPS) is 33.7. The molecule has 1 spiro atoms. The highest BCUT2D eigenvalue weighted by molar-refractivity contribution is 7.92. The Bertz CT molecular complexity index is 1950. The molecule has 8 rings (SSSR count). The van der Waals surface area contributed by atoms with Gasteiger partial charge in [-0.2, -0.15) is 0 Å². The number of fused-ring (bicyclic) bond motifs is 4. The lowest BCUT2D eigenvalue weighted by molar-refractivity contribution is 0.0203. The van der Waals surface area contributed by atoms with E-state index in [1.54, 1.807) is 20.2 Å². The van der Waals surface area contributed by atoms with Gasteiger partial charge in [0.15, 0.2) is 0 Å². The highest BCUT2D eigenvalue weighted by atomic mass is 35.5. The molecular weight excluding hydrogens is 702 g/mol. The maximum atomic E-state index is 14.5. The number of aryl methyl sites for hydroxylation is 1. The summed E-state index contributed by atoms with van der Waals surface area (Å²) >= 11 is 6.46. The van der Waals surface area contributed by atoms with Crippen molar-refractivity contribution in [1.82, 2.24) is 14.9 Å². The fraction of sp³-hybridized carbons (Fsp3) is 0.564. The second-order valence-corrected chi connectivity index (χ2v) is 18.6. The lowest BCUT2D eigenvalue weighted by atomic mass is 9.65. The van der Waals surface area contributed by atoms with E-state index in [-0.39, 0.29) is 35.1 Å². The number of urea groups is 1. The van der Waals surface area contributed by atoms with Crippen LogP contribution in [-0.4, -0.2) is 78.8 Å². The average molecular weight is 750 g/mol. The number of nitrogens with one attached hydrogen (secondary N) is 2. The number of rotatable bonds is 3. The monoisotopic (exact) mass is 749 g/mol. The average Bonchev–Trinajstić information content (AvgIpc) is 3.26. The van der Waals surface area contributed by atoms with Crippen LogP contribution in [0, 0.1) is 17.8 Å². The van der Waals surface area contributed by atoms with E-state index in [1.165, 1.54) is 16.0 Å². The third-order valence-electron chi connectivity index (χ3n) is 12.1. The predicted molar refractivity (Wildman–Crippen MR) is 201 cm³/mol. The molecule has 0 aromatic heterocycles. The molecule has 278 valence electrons. The summed E-state index contributed by atoms with van der Waals surface area (Å²) in [6.07, 6.45) is 10.5. The van der Waals surface area contributed by atoms with Crippen LogP contribution < -0.4 is 19.7 Å². The van der Waals surface area contributed by atoms with Gasteiger partial charge in [-0.3, -0.25) is 9.52 Å². The number of ether oxygens (including phenoxy) is 2. The Hall–Kier alpha value is -3.77. The molecule has 11 nitrogen and oxygen atoms in total. The molecule has 2 aromatic carbocycles. The van der Waals surface area contributed by atoms with Crippen LogP contribution in [0.1, 0.15) is 84.8 Å². The molecular formula is C39H48ClN5O6S. The molecule has 3 aliphatic heterocycles. The lowest BCUT2D eigenvalue weighted by Gasteiger charge is -2.43. The third-order valence-corrected chi connectivity index (χ3v) is 14.3. The van der Waals surface area contributed by atoms with Crippen molar-refractivity contribution in [3.05, 3.63) is 69.8 Å². The number of benzene rings is 2. The van der Waals surface area contributed by atoms with Gasteiger partial charge in [0.25, 0.3) is 5.91 Å². The van der Waals surface area contributed by atoms with Crippen LogP contribution >= 0.6 is 11.6 Å². The molecule has 52 heavy (non-hydrogen) atoms. The van der Waals surface area contributed by atoms with Gasteiger partial charge < -0.3 is 24.6 Å². The quantitative estimate of drug-likeness (QED) is 0.339.